The Bertz CT molecular complexity index is 1890. The average Bonchev–Trinajstić information content (AvgIpc) is 2.19. The third-order valence-electron chi connectivity index (χ3n) is 18.1. The van der Waals surface area contributed by atoms with Gasteiger partial charge < -0.3 is 33.8 Å². The smallest absolute Gasteiger partial charge is 0.462 e. The molecule has 0 aliphatic carbocycles. The van der Waals surface area contributed by atoms with Crippen LogP contribution in [0.5, 0.6) is 0 Å². The van der Waals surface area contributed by atoms with E-state index in [2.05, 4.69) is 48.5 Å². The van der Waals surface area contributed by atoms with Gasteiger partial charge in [0, 0.05) is 25.7 Å². The molecule has 5 atom stereocenters. The van der Waals surface area contributed by atoms with Crippen LogP contribution in [0.2, 0.25) is 0 Å². The fraction of sp³-hybridized carbons (Fsp3) is 0.949. The molecule has 97 heavy (non-hydrogen) atoms. The number of phosphoric ester groups is 2. The Kier molecular flexibility index (Phi) is 67.1. The molecule has 0 aromatic heterocycles. The first-order chi connectivity index (χ1) is 46.7. The van der Waals surface area contributed by atoms with Gasteiger partial charge in [-0.25, -0.2) is 9.13 Å². The van der Waals surface area contributed by atoms with E-state index >= 15 is 0 Å². The molecule has 0 heterocycles. The van der Waals surface area contributed by atoms with Gasteiger partial charge in [-0.2, -0.15) is 0 Å². The molecule has 576 valence electrons. The third kappa shape index (κ3) is 72.2. The Morgan fingerprint density at radius 1 is 0.278 bits per heavy atom. The normalized spacial score (nSPS) is 14.0. The molecule has 17 nitrogen and oxygen atoms in total. The van der Waals surface area contributed by atoms with Gasteiger partial charge in [0.25, 0.3) is 0 Å². The van der Waals surface area contributed by atoms with Crippen LogP contribution >= 0.6 is 15.6 Å². The molecule has 0 aliphatic rings. The highest BCUT2D eigenvalue weighted by Crippen LogP contribution is 2.45. The molecule has 0 bridgehead atoms. The van der Waals surface area contributed by atoms with Gasteiger partial charge in [-0.15, -0.1) is 0 Å². The molecule has 0 spiro atoms. The van der Waals surface area contributed by atoms with Crippen LogP contribution in [-0.2, 0) is 65.4 Å². The van der Waals surface area contributed by atoms with Crippen LogP contribution in [0.4, 0.5) is 0 Å². The van der Waals surface area contributed by atoms with Crippen molar-refractivity contribution in [2.75, 3.05) is 39.6 Å². The lowest BCUT2D eigenvalue weighted by atomic mass is 10.0. The van der Waals surface area contributed by atoms with Crippen LogP contribution in [0.3, 0.4) is 0 Å². The van der Waals surface area contributed by atoms with Gasteiger partial charge in [0.1, 0.15) is 19.3 Å². The van der Waals surface area contributed by atoms with Crippen molar-refractivity contribution in [3.8, 4) is 0 Å². The van der Waals surface area contributed by atoms with E-state index in [-0.39, 0.29) is 25.7 Å². The predicted molar refractivity (Wildman–Crippen MR) is 395 cm³/mol. The zero-order valence-corrected chi connectivity index (χ0v) is 65.3. The summed E-state index contributed by atoms with van der Waals surface area (Å²) < 4.78 is 68.5. The van der Waals surface area contributed by atoms with Crippen LogP contribution in [0, 0.1) is 17.8 Å². The Labute approximate surface area is 594 Å². The maximum absolute atomic E-state index is 13.1. The lowest BCUT2D eigenvalue weighted by molar-refractivity contribution is -0.161. The van der Waals surface area contributed by atoms with Gasteiger partial charge in [0.15, 0.2) is 12.2 Å². The number of hydrogen-bond acceptors (Lipinski definition) is 15. The number of carbonyl (C=O) groups excluding carboxylic acids is 4. The van der Waals surface area contributed by atoms with Crippen molar-refractivity contribution in [3.63, 3.8) is 0 Å². The summed E-state index contributed by atoms with van der Waals surface area (Å²) in [6, 6.07) is 0. The fourth-order valence-corrected chi connectivity index (χ4v) is 13.5. The Balaban J connectivity index is 5.19. The van der Waals surface area contributed by atoms with E-state index < -0.39 is 97.5 Å². The molecule has 0 rings (SSSR count). The van der Waals surface area contributed by atoms with Gasteiger partial charge in [0.05, 0.1) is 26.4 Å². The Morgan fingerprint density at radius 2 is 0.474 bits per heavy atom. The Morgan fingerprint density at radius 3 is 0.701 bits per heavy atom. The first-order valence-corrected chi connectivity index (χ1v) is 43.3. The molecule has 0 saturated heterocycles. The van der Waals surface area contributed by atoms with Crippen LogP contribution in [0.25, 0.3) is 0 Å². The molecule has 2 unspecified atom stereocenters. The molecule has 0 saturated carbocycles. The van der Waals surface area contributed by atoms with Crippen molar-refractivity contribution >= 4 is 39.5 Å². The van der Waals surface area contributed by atoms with Crippen molar-refractivity contribution in [2.24, 2.45) is 17.8 Å². The predicted octanol–water partition coefficient (Wildman–Crippen LogP) is 23.0. The summed E-state index contributed by atoms with van der Waals surface area (Å²) in [5, 5.41) is 10.6. The van der Waals surface area contributed by atoms with E-state index in [9.17, 15) is 43.2 Å². The van der Waals surface area contributed by atoms with Crippen molar-refractivity contribution in [2.45, 2.75) is 420 Å². The largest absolute Gasteiger partial charge is 0.472 e. The summed E-state index contributed by atoms with van der Waals surface area (Å²) >= 11 is 0. The zero-order chi connectivity index (χ0) is 71.6. The number of carbonyl (C=O) groups is 4. The molecular formula is C78H152O17P2. The number of ether oxygens (including phenoxy) is 4. The molecule has 0 amide bonds. The second-order valence-corrected chi connectivity index (χ2v) is 32.4. The lowest BCUT2D eigenvalue weighted by Gasteiger charge is -2.21. The highest BCUT2D eigenvalue weighted by molar-refractivity contribution is 7.47. The maximum atomic E-state index is 13.1. The van der Waals surface area contributed by atoms with Gasteiger partial charge >= 0.3 is 39.5 Å². The van der Waals surface area contributed by atoms with Crippen molar-refractivity contribution in [3.05, 3.63) is 0 Å². The summed E-state index contributed by atoms with van der Waals surface area (Å²) in [6.07, 6.45) is 55.8. The van der Waals surface area contributed by atoms with Gasteiger partial charge in [-0.1, -0.05) is 350 Å². The molecule has 19 heteroatoms. The minimum absolute atomic E-state index is 0.104. The molecular weight excluding hydrogens is 1270 g/mol. The molecule has 3 N–H and O–H groups in total. The minimum Gasteiger partial charge on any atom is -0.462 e. The average molecular weight is 1420 g/mol. The van der Waals surface area contributed by atoms with E-state index in [0.717, 1.165) is 108 Å². The molecule has 0 radical (unpaired) electrons. The minimum atomic E-state index is -4.96. The summed E-state index contributed by atoms with van der Waals surface area (Å²) in [5.74, 6) is 0.0831. The van der Waals surface area contributed by atoms with Crippen LogP contribution < -0.4 is 0 Å². The monoisotopic (exact) mass is 1420 g/mol. The van der Waals surface area contributed by atoms with E-state index in [1.54, 1.807) is 0 Å². The van der Waals surface area contributed by atoms with Crippen molar-refractivity contribution < 1.29 is 80.2 Å². The van der Waals surface area contributed by atoms with Crippen molar-refractivity contribution in [1.29, 1.82) is 0 Å². The van der Waals surface area contributed by atoms with E-state index in [0.29, 0.717) is 25.7 Å². The summed E-state index contributed by atoms with van der Waals surface area (Å²) in [5.41, 5.74) is 0. The van der Waals surface area contributed by atoms with Crippen LogP contribution in [-0.4, -0.2) is 96.7 Å². The number of aliphatic hydroxyl groups excluding tert-OH is 1. The fourth-order valence-electron chi connectivity index (χ4n) is 12.0. The Hall–Kier alpha value is -1.94. The van der Waals surface area contributed by atoms with E-state index in [1.165, 1.54) is 212 Å². The molecule has 0 aliphatic heterocycles. The summed E-state index contributed by atoms with van der Waals surface area (Å²) in [4.78, 5) is 72.8. The highest BCUT2D eigenvalue weighted by atomic mass is 31.2. The first-order valence-electron chi connectivity index (χ1n) is 40.3. The first kappa shape index (κ1) is 95.1. The van der Waals surface area contributed by atoms with E-state index in [4.69, 9.17) is 37.0 Å². The van der Waals surface area contributed by atoms with Crippen LogP contribution in [0.1, 0.15) is 402 Å². The topological polar surface area (TPSA) is 237 Å². The zero-order valence-electron chi connectivity index (χ0n) is 63.5. The van der Waals surface area contributed by atoms with Gasteiger partial charge in [-0.3, -0.25) is 37.3 Å². The van der Waals surface area contributed by atoms with Gasteiger partial charge in [0.2, 0.25) is 0 Å². The number of hydrogen-bond donors (Lipinski definition) is 3. The third-order valence-corrected chi connectivity index (χ3v) is 20.0. The second-order valence-electron chi connectivity index (χ2n) is 29.5. The standard InChI is InChI=1S/C78H152O17P2/c1-8-9-10-11-12-13-14-15-16-17-18-19-20-21-22-23-24-25-30-40-47-54-61-77(82)94-73(65-88-75(80)59-52-45-38-29-27-26-28-35-42-49-56-69(2)3)67-92-96(84,85)90-63-72(79)64-91-97(86,87)93-68-74(95-78(83)62-55-48-41-34-32-37-44-51-58-71(6)7)66-89-76(81)60-53-46-39-33-31-36-43-50-57-70(4)5/h69-74,79H,8-68H2,1-7H3,(H,84,85)(H,86,87)/t72-,73-,74-/m1/s1. The summed E-state index contributed by atoms with van der Waals surface area (Å²) in [6.45, 7) is 11.8. The SMILES string of the molecule is CCCCCCCCCCCCCCCCCCCCCCCCC(=O)O[C@H](COC(=O)CCCCCCCCCCCCC(C)C)COP(=O)(O)OC[C@@H](O)COP(=O)(O)OC[C@@H](COC(=O)CCCCCCCCCCC(C)C)OC(=O)CCCCCCCCCCC(C)C. The number of phosphoric acid groups is 2. The number of unbranched alkanes of at least 4 members (excludes halogenated alkanes) is 44. The molecule has 0 aromatic rings. The number of aliphatic hydroxyl groups is 1. The van der Waals surface area contributed by atoms with Gasteiger partial charge in [-0.05, 0) is 43.4 Å². The van der Waals surface area contributed by atoms with Crippen LogP contribution in [0.15, 0.2) is 0 Å². The number of esters is 4. The molecule has 0 fully saturated rings. The second kappa shape index (κ2) is 68.5. The highest BCUT2D eigenvalue weighted by Gasteiger charge is 2.30. The van der Waals surface area contributed by atoms with Crippen molar-refractivity contribution in [1.82, 2.24) is 0 Å². The summed E-state index contributed by atoms with van der Waals surface area (Å²) in [7, 11) is -9.91. The number of rotatable bonds is 76. The molecule has 0 aromatic carbocycles. The lowest BCUT2D eigenvalue weighted by Crippen LogP contribution is -2.30. The maximum Gasteiger partial charge on any atom is 0.472 e. The quantitative estimate of drug-likeness (QED) is 0.0222. The van der Waals surface area contributed by atoms with E-state index in [1.807, 2.05) is 0 Å².